The highest BCUT2D eigenvalue weighted by atomic mass is 32.2. The molecule has 0 aromatic heterocycles. The van der Waals surface area contributed by atoms with Crippen LogP contribution < -0.4 is 0 Å². The van der Waals surface area contributed by atoms with E-state index in [1.54, 1.807) is 0 Å². The van der Waals surface area contributed by atoms with Crippen LogP contribution in [-0.4, -0.2) is 27.5 Å². The van der Waals surface area contributed by atoms with Gasteiger partial charge in [0.05, 0.1) is 17.2 Å². The standard InChI is InChI=1S/C9H15NOS/c1-2-9-10-7-4-3-6(11)5-8(7)12-9/h6-8,11H,2-5H2,1H3. The van der Waals surface area contributed by atoms with Gasteiger partial charge in [0.15, 0.2) is 0 Å². The molecule has 1 heterocycles. The van der Waals surface area contributed by atoms with E-state index in [1.807, 2.05) is 11.8 Å². The molecule has 2 aliphatic rings. The van der Waals surface area contributed by atoms with Crippen molar-refractivity contribution in [3.05, 3.63) is 0 Å². The normalized spacial score (nSPS) is 40.8. The molecular weight excluding hydrogens is 170 g/mol. The summed E-state index contributed by atoms with van der Waals surface area (Å²) in [6.45, 7) is 2.15. The van der Waals surface area contributed by atoms with Crippen LogP contribution in [0.1, 0.15) is 32.6 Å². The summed E-state index contributed by atoms with van der Waals surface area (Å²) in [5.74, 6) is 0. The Balaban J connectivity index is 2.00. The Hall–Kier alpha value is -0.0200. The summed E-state index contributed by atoms with van der Waals surface area (Å²) < 4.78 is 0. The lowest BCUT2D eigenvalue weighted by Gasteiger charge is -2.26. The lowest BCUT2D eigenvalue weighted by Crippen LogP contribution is -2.30. The van der Waals surface area contributed by atoms with E-state index in [1.165, 1.54) is 5.04 Å². The van der Waals surface area contributed by atoms with Gasteiger partial charge in [-0.15, -0.1) is 11.8 Å². The van der Waals surface area contributed by atoms with E-state index in [2.05, 4.69) is 11.9 Å². The van der Waals surface area contributed by atoms with E-state index in [0.717, 1.165) is 25.7 Å². The molecule has 2 nitrogen and oxygen atoms in total. The van der Waals surface area contributed by atoms with Gasteiger partial charge in [0.1, 0.15) is 0 Å². The minimum Gasteiger partial charge on any atom is -0.393 e. The summed E-state index contributed by atoms with van der Waals surface area (Å²) >= 11 is 1.89. The zero-order valence-corrected chi connectivity index (χ0v) is 8.18. The van der Waals surface area contributed by atoms with Crippen LogP contribution >= 0.6 is 11.8 Å². The number of aliphatic hydroxyl groups excluding tert-OH is 1. The van der Waals surface area contributed by atoms with Crippen LogP contribution in [0.15, 0.2) is 4.99 Å². The maximum Gasteiger partial charge on any atom is 0.0680 e. The molecule has 0 spiro atoms. The Morgan fingerprint density at radius 1 is 1.58 bits per heavy atom. The Bertz CT molecular complexity index is 205. The van der Waals surface area contributed by atoms with Crippen LogP contribution in [0, 0.1) is 0 Å². The largest absolute Gasteiger partial charge is 0.393 e. The first-order valence-corrected chi connectivity index (χ1v) is 5.59. The fourth-order valence-electron chi connectivity index (χ4n) is 1.93. The second kappa shape index (κ2) is 3.38. The minimum absolute atomic E-state index is 0.0647. The van der Waals surface area contributed by atoms with Crippen LogP contribution in [0.2, 0.25) is 0 Å². The molecule has 3 unspecified atom stereocenters. The van der Waals surface area contributed by atoms with Gasteiger partial charge in [-0.05, 0) is 25.7 Å². The van der Waals surface area contributed by atoms with Gasteiger partial charge in [-0.1, -0.05) is 6.92 Å². The highest BCUT2D eigenvalue weighted by Crippen LogP contribution is 2.37. The summed E-state index contributed by atoms with van der Waals surface area (Å²) in [5.41, 5.74) is 0. The highest BCUT2D eigenvalue weighted by Gasteiger charge is 2.34. The number of fused-ring (bicyclic) bond motifs is 1. The SMILES string of the molecule is CCC1=NC2CCC(O)CC2S1. The van der Waals surface area contributed by atoms with Crippen molar-refractivity contribution in [3.63, 3.8) is 0 Å². The molecule has 0 saturated heterocycles. The summed E-state index contributed by atoms with van der Waals surface area (Å²) in [6.07, 6.45) is 3.98. The Morgan fingerprint density at radius 2 is 2.42 bits per heavy atom. The zero-order valence-electron chi connectivity index (χ0n) is 7.36. The van der Waals surface area contributed by atoms with Gasteiger partial charge in [-0.25, -0.2) is 0 Å². The monoisotopic (exact) mass is 185 g/mol. The minimum atomic E-state index is -0.0647. The topological polar surface area (TPSA) is 32.6 Å². The van der Waals surface area contributed by atoms with Gasteiger partial charge in [0.2, 0.25) is 0 Å². The molecular formula is C9H15NOS. The molecule has 0 bridgehead atoms. The Morgan fingerprint density at radius 3 is 3.17 bits per heavy atom. The first kappa shape index (κ1) is 8.57. The molecule has 68 valence electrons. The molecule has 1 N–H and O–H groups in total. The van der Waals surface area contributed by atoms with Crippen LogP contribution in [0.3, 0.4) is 0 Å². The maximum atomic E-state index is 9.45. The lowest BCUT2D eigenvalue weighted by molar-refractivity contribution is 0.127. The number of hydrogen-bond acceptors (Lipinski definition) is 3. The van der Waals surface area contributed by atoms with Crippen LogP contribution in [0.25, 0.3) is 0 Å². The molecule has 1 aliphatic carbocycles. The van der Waals surface area contributed by atoms with Crippen molar-refractivity contribution in [1.29, 1.82) is 0 Å². The quantitative estimate of drug-likeness (QED) is 0.676. The van der Waals surface area contributed by atoms with Gasteiger partial charge >= 0.3 is 0 Å². The smallest absolute Gasteiger partial charge is 0.0680 e. The summed E-state index contributed by atoms with van der Waals surface area (Å²) in [7, 11) is 0. The number of aliphatic hydroxyl groups is 1. The predicted molar refractivity (Wildman–Crippen MR) is 52.8 cm³/mol. The molecule has 1 fully saturated rings. The molecule has 1 saturated carbocycles. The van der Waals surface area contributed by atoms with Crippen molar-refractivity contribution in [2.75, 3.05) is 0 Å². The van der Waals surface area contributed by atoms with Crippen molar-refractivity contribution in [2.45, 2.75) is 50.0 Å². The van der Waals surface area contributed by atoms with Gasteiger partial charge < -0.3 is 5.11 Å². The van der Waals surface area contributed by atoms with Gasteiger partial charge in [-0.3, -0.25) is 4.99 Å². The van der Waals surface area contributed by atoms with Gasteiger partial charge in [-0.2, -0.15) is 0 Å². The van der Waals surface area contributed by atoms with Crippen molar-refractivity contribution in [3.8, 4) is 0 Å². The average Bonchev–Trinajstić information content (AvgIpc) is 2.46. The van der Waals surface area contributed by atoms with Gasteiger partial charge in [0, 0.05) is 5.25 Å². The second-order valence-corrected chi connectivity index (χ2v) is 4.88. The van der Waals surface area contributed by atoms with E-state index >= 15 is 0 Å². The molecule has 12 heavy (non-hydrogen) atoms. The Kier molecular flexibility index (Phi) is 2.42. The van der Waals surface area contributed by atoms with Crippen molar-refractivity contribution < 1.29 is 5.11 Å². The third kappa shape index (κ3) is 1.52. The number of hydrogen-bond donors (Lipinski definition) is 1. The van der Waals surface area contributed by atoms with E-state index in [-0.39, 0.29) is 6.10 Å². The number of thioether (sulfide) groups is 1. The number of aliphatic imine (C=N–C) groups is 1. The average molecular weight is 185 g/mol. The fraction of sp³-hybridized carbons (Fsp3) is 0.889. The van der Waals surface area contributed by atoms with Crippen LogP contribution in [0.5, 0.6) is 0 Å². The third-order valence-corrected chi connectivity index (χ3v) is 4.10. The second-order valence-electron chi connectivity index (χ2n) is 3.57. The Labute approximate surface area is 77.5 Å². The first-order chi connectivity index (χ1) is 5.79. The molecule has 3 heteroatoms. The summed E-state index contributed by atoms with van der Waals surface area (Å²) in [4.78, 5) is 4.63. The number of rotatable bonds is 1. The van der Waals surface area contributed by atoms with Gasteiger partial charge in [0.25, 0.3) is 0 Å². The third-order valence-electron chi connectivity index (χ3n) is 2.63. The molecule has 3 atom stereocenters. The molecule has 0 aromatic carbocycles. The molecule has 0 radical (unpaired) electrons. The molecule has 2 rings (SSSR count). The van der Waals surface area contributed by atoms with E-state index < -0.39 is 0 Å². The highest BCUT2D eigenvalue weighted by molar-refractivity contribution is 8.14. The number of nitrogens with zero attached hydrogens (tertiary/aromatic N) is 1. The predicted octanol–water partition coefficient (Wildman–Crippen LogP) is 1.82. The van der Waals surface area contributed by atoms with E-state index in [9.17, 15) is 5.11 Å². The first-order valence-electron chi connectivity index (χ1n) is 4.71. The summed E-state index contributed by atoms with van der Waals surface area (Å²) in [5, 5.41) is 11.3. The maximum absolute atomic E-state index is 9.45. The zero-order chi connectivity index (χ0) is 8.55. The summed E-state index contributed by atoms with van der Waals surface area (Å²) in [6, 6.07) is 0.522. The fourth-order valence-corrected chi connectivity index (χ4v) is 3.32. The van der Waals surface area contributed by atoms with Crippen LogP contribution in [0.4, 0.5) is 0 Å². The molecule has 1 aliphatic heterocycles. The molecule has 0 aromatic rings. The van der Waals surface area contributed by atoms with Crippen molar-refractivity contribution in [2.24, 2.45) is 4.99 Å². The van der Waals surface area contributed by atoms with E-state index in [0.29, 0.717) is 11.3 Å². The van der Waals surface area contributed by atoms with Crippen LogP contribution in [-0.2, 0) is 0 Å². The molecule has 0 amide bonds. The van der Waals surface area contributed by atoms with Crippen molar-refractivity contribution in [1.82, 2.24) is 0 Å². The van der Waals surface area contributed by atoms with E-state index in [4.69, 9.17) is 0 Å². The van der Waals surface area contributed by atoms with Crippen molar-refractivity contribution >= 4 is 16.8 Å². The lowest BCUT2D eigenvalue weighted by atomic mass is 9.93.